The van der Waals surface area contributed by atoms with Crippen molar-refractivity contribution in [2.45, 2.75) is 51.1 Å². The smallest absolute Gasteiger partial charge is 0.222 e. The first-order valence-corrected chi connectivity index (χ1v) is 9.03. The standard InChI is InChI=1S/C20H28N2O/c1-2-20(23)21-15-13-18-11-6-12-19(16-21)22(18)14-7-10-17-8-4-3-5-9-17/h3-5,7-10,18-19H,2,6,11-16H2,1H3/b10-7+/t18-,19+/m0/s1. The Labute approximate surface area is 140 Å². The molecule has 3 nitrogen and oxygen atoms in total. The van der Waals surface area contributed by atoms with Gasteiger partial charge in [0, 0.05) is 38.1 Å². The van der Waals surface area contributed by atoms with E-state index >= 15 is 0 Å². The molecule has 3 heteroatoms. The zero-order valence-electron chi connectivity index (χ0n) is 14.2. The number of carbonyl (C=O) groups excluding carboxylic acids is 1. The van der Waals surface area contributed by atoms with Gasteiger partial charge in [0.1, 0.15) is 0 Å². The minimum atomic E-state index is 0.317. The van der Waals surface area contributed by atoms with Gasteiger partial charge >= 0.3 is 0 Å². The Morgan fingerprint density at radius 3 is 2.74 bits per heavy atom. The van der Waals surface area contributed by atoms with Gasteiger partial charge in [-0.15, -0.1) is 0 Å². The summed E-state index contributed by atoms with van der Waals surface area (Å²) in [4.78, 5) is 16.9. The van der Waals surface area contributed by atoms with Crippen molar-refractivity contribution in [3.8, 4) is 0 Å². The number of fused-ring (bicyclic) bond motifs is 2. The Hall–Kier alpha value is -1.61. The number of piperidine rings is 1. The zero-order valence-corrected chi connectivity index (χ0v) is 14.2. The lowest BCUT2D eigenvalue weighted by Crippen LogP contribution is -2.48. The van der Waals surface area contributed by atoms with E-state index in [9.17, 15) is 4.79 Å². The molecule has 0 aliphatic carbocycles. The fourth-order valence-corrected chi connectivity index (χ4v) is 4.00. The molecule has 2 atom stereocenters. The Kier molecular flexibility index (Phi) is 5.50. The molecule has 2 heterocycles. The van der Waals surface area contributed by atoms with Crippen LogP contribution in [-0.4, -0.2) is 47.4 Å². The molecule has 0 saturated carbocycles. The quantitative estimate of drug-likeness (QED) is 0.848. The van der Waals surface area contributed by atoms with Crippen molar-refractivity contribution >= 4 is 12.0 Å². The van der Waals surface area contributed by atoms with Crippen LogP contribution in [-0.2, 0) is 4.79 Å². The molecule has 23 heavy (non-hydrogen) atoms. The summed E-state index contributed by atoms with van der Waals surface area (Å²) in [6.45, 7) is 4.83. The normalized spacial score (nSPS) is 25.5. The Morgan fingerprint density at radius 1 is 1.17 bits per heavy atom. The van der Waals surface area contributed by atoms with E-state index in [1.54, 1.807) is 0 Å². The number of hydrogen-bond acceptors (Lipinski definition) is 2. The fourth-order valence-electron chi connectivity index (χ4n) is 4.00. The number of amides is 1. The Balaban J connectivity index is 1.66. The minimum absolute atomic E-state index is 0.317. The SMILES string of the molecule is CCC(=O)N1CC[C@@H]2CCC[C@H](C1)N2C/C=C/c1ccccc1. The van der Waals surface area contributed by atoms with Gasteiger partial charge in [0.05, 0.1) is 0 Å². The first kappa shape index (κ1) is 16.3. The van der Waals surface area contributed by atoms with Crippen molar-refractivity contribution in [2.24, 2.45) is 0 Å². The van der Waals surface area contributed by atoms with E-state index in [1.807, 2.05) is 6.92 Å². The van der Waals surface area contributed by atoms with Crippen molar-refractivity contribution in [3.05, 3.63) is 42.0 Å². The summed E-state index contributed by atoms with van der Waals surface area (Å²) < 4.78 is 0. The second-order valence-electron chi connectivity index (χ2n) is 6.73. The van der Waals surface area contributed by atoms with Crippen molar-refractivity contribution in [1.82, 2.24) is 9.80 Å². The molecular weight excluding hydrogens is 284 g/mol. The lowest BCUT2D eigenvalue weighted by atomic mass is 9.94. The molecule has 1 amide bonds. The van der Waals surface area contributed by atoms with E-state index < -0.39 is 0 Å². The van der Waals surface area contributed by atoms with E-state index in [0.29, 0.717) is 24.4 Å². The maximum absolute atomic E-state index is 12.1. The first-order chi connectivity index (χ1) is 11.3. The molecular formula is C20H28N2O. The predicted molar refractivity (Wildman–Crippen MR) is 95.1 cm³/mol. The summed E-state index contributed by atoms with van der Waals surface area (Å²) in [6, 6.07) is 11.7. The molecule has 2 fully saturated rings. The Morgan fingerprint density at radius 2 is 1.96 bits per heavy atom. The molecule has 1 aromatic carbocycles. The highest BCUT2D eigenvalue weighted by Gasteiger charge is 2.34. The molecule has 0 aromatic heterocycles. The third-order valence-corrected chi connectivity index (χ3v) is 5.26. The van der Waals surface area contributed by atoms with Gasteiger partial charge in [-0.25, -0.2) is 0 Å². The summed E-state index contributed by atoms with van der Waals surface area (Å²) >= 11 is 0. The second-order valence-corrected chi connectivity index (χ2v) is 6.73. The largest absolute Gasteiger partial charge is 0.341 e. The highest BCUT2D eigenvalue weighted by molar-refractivity contribution is 5.75. The molecule has 3 rings (SSSR count). The predicted octanol–water partition coefficient (Wildman–Crippen LogP) is 3.57. The van der Waals surface area contributed by atoms with Crippen LogP contribution in [0.2, 0.25) is 0 Å². The van der Waals surface area contributed by atoms with Crippen LogP contribution in [0.5, 0.6) is 0 Å². The summed E-state index contributed by atoms with van der Waals surface area (Å²) in [7, 11) is 0. The highest BCUT2D eigenvalue weighted by Crippen LogP contribution is 2.29. The molecule has 0 N–H and O–H groups in total. The van der Waals surface area contributed by atoms with Crippen molar-refractivity contribution in [2.75, 3.05) is 19.6 Å². The molecule has 2 aliphatic heterocycles. The number of carbonyl (C=O) groups is 1. The van der Waals surface area contributed by atoms with Crippen LogP contribution >= 0.6 is 0 Å². The second kappa shape index (κ2) is 7.78. The molecule has 124 valence electrons. The topological polar surface area (TPSA) is 23.6 Å². The average molecular weight is 312 g/mol. The third-order valence-electron chi connectivity index (χ3n) is 5.26. The third kappa shape index (κ3) is 4.03. The van der Waals surface area contributed by atoms with E-state index in [1.165, 1.54) is 24.8 Å². The number of benzene rings is 1. The minimum Gasteiger partial charge on any atom is -0.341 e. The van der Waals surface area contributed by atoms with Crippen LogP contribution in [0.15, 0.2) is 36.4 Å². The van der Waals surface area contributed by atoms with Gasteiger partial charge in [-0.3, -0.25) is 9.69 Å². The lowest BCUT2D eigenvalue weighted by molar-refractivity contribution is -0.131. The molecule has 0 spiro atoms. The zero-order chi connectivity index (χ0) is 16.1. The van der Waals surface area contributed by atoms with E-state index in [0.717, 1.165) is 26.1 Å². The van der Waals surface area contributed by atoms with E-state index in [4.69, 9.17) is 0 Å². The number of hydrogen-bond donors (Lipinski definition) is 0. The number of nitrogens with zero attached hydrogens (tertiary/aromatic N) is 2. The summed E-state index contributed by atoms with van der Waals surface area (Å²) in [5.74, 6) is 0.317. The van der Waals surface area contributed by atoms with Crippen LogP contribution in [0.25, 0.3) is 6.08 Å². The van der Waals surface area contributed by atoms with Gasteiger partial charge in [-0.2, -0.15) is 0 Å². The maximum Gasteiger partial charge on any atom is 0.222 e. The fraction of sp³-hybridized carbons (Fsp3) is 0.550. The summed E-state index contributed by atoms with van der Waals surface area (Å²) in [6.07, 6.45) is 10.1. The van der Waals surface area contributed by atoms with Crippen LogP contribution < -0.4 is 0 Å². The van der Waals surface area contributed by atoms with E-state index in [-0.39, 0.29) is 0 Å². The van der Waals surface area contributed by atoms with Crippen LogP contribution in [0.1, 0.15) is 44.6 Å². The van der Waals surface area contributed by atoms with Gasteiger partial charge in [-0.05, 0) is 24.8 Å². The highest BCUT2D eigenvalue weighted by atomic mass is 16.2. The van der Waals surface area contributed by atoms with Crippen molar-refractivity contribution < 1.29 is 4.79 Å². The number of rotatable bonds is 4. The first-order valence-electron chi connectivity index (χ1n) is 9.03. The van der Waals surface area contributed by atoms with Crippen LogP contribution in [0, 0.1) is 0 Å². The van der Waals surface area contributed by atoms with Crippen molar-refractivity contribution in [3.63, 3.8) is 0 Å². The molecule has 1 aromatic rings. The molecule has 2 saturated heterocycles. The Bertz CT molecular complexity index is 540. The van der Waals surface area contributed by atoms with Gasteiger partial charge in [0.2, 0.25) is 5.91 Å². The monoisotopic (exact) mass is 312 g/mol. The molecule has 0 unspecified atom stereocenters. The van der Waals surface area contributed by atoms with E-state index in [2.05, 4.69) is 52.3 Å². The van der Waals surface area contributed by atoms with Crippen LogP contribution in [0.4, 0.5) is 0 Å². The van der Waals surface area contributed by atoms with Gasteiger partial charge < -0.3 is 4.90 Å². The molecule has 2 aliphatic rings. The van der Waals surface area contributed by atoms with Crippen molar-refractivity contribution in [1.29, 1.82) is 0 Å². The van der Waals surface area contributed by atoms with Gasteiger partial charge in [0.15, 0.2) is 0 Å². The van der Waals surface area contributed by atoms with Gasteiger partial charge in [-0.1, -0.05) is 55.8 Å². The summed E-state index contributed by atoms with van der Waals surface area (Å²) in [5, 5.41) is 0. The van der Waals surface area contributed by atoms with Gasteiger partial charge in [0.25, 0.3) is 0 Å². The average Bonchev–Trinajstić information content (AvgIpc) is 2.68. The summed E-state index contributed by atoms with van der Waals surface area (Å²) in [5.41, 5.74) is 1.26. The molecule has 2 bridgehead atoms. The van der Waals surface area contributed by atoms with Crippen LogP contribution in [0.3, 0.4) is 0 Å². The lowest BCUT2D eigenvalue weighted by Gasteiger charge is -2.40. The maximum atomic E-state index is 12.1. The molecule has 0 radical (unpaired) electrons.